The third kappa shape index (κ3) is 4.62. The van der Waals surface area contributed by atoms with Crippen molar-refractivity contribution < 1.29 is 19.1 Å². The molecule has 0 spiro atoms. The van der Waals surface area contributed by atoms with Crippen molar-refractivity contribution in [2.75, 3.05) is 20.3 Å². The molecule has 0 fully saturated rings. The predicted octanol–water partition coefficient (Wildman–Crippen LogP) is 4.15. The number of aromatic nitrogens is 1. The number of esters is 1. The molecule has 0 saturated heterocycles. The number of amides is 1. The molecule has 1 heterocycles. The van der Waals surface area contributed by atoms with Crippen LogP contribution < -0.4 is 5.32 Å². The Labute approximate surface area is 186 Å². The zero-order valence-corrected chi connectivity index (χ0v) is 17.6. The van der Waals surface area contributed by atoms with Crippen molar-refractivity contribution >= 4 is 12.1 Å². The molecule has 4 rings (SSSR count). The Morgan fingerprint density at radius 3 is 2.34 bits per heavy atom. The number of fused-ring (bicyclic) bond motifs is 3. The first-order valence-corrected chi connectivity index (χ1v) is 10.3. The molecule has 0 aliphatic heterocycles. The van der Waals surface area contributed by atoms with Crippen molar-refractivity contribution in [3.63, 3.8) is 0 Å². The number of benzene rings is 2. The van der Waals surface area contributed by atoms with Gasteiger partial charge in [-0.1, -0.05) is 60.5 Å². The van der Waals surface area contributed by atoms with Crippen molar-refractivity contribution in [1.82, 2.24) is 10.3 Å². The van der Waals surface area contributed by atoms with Crippen LogP contribution in [0.4, 0.5) is 4.79 Å². The van der Waals surface area contributed by atoms with Crippen molar-refractivity contribution in [3.8, 4) is 23.0 Å². The molecule has 0 saturated carbocycles. The van der Waals surface area contributed by atoms with Gasteiger partial charge in [-0.3, -0.25) is 0 Å². The first kappa shape index (κ1) is 21.1. The van der Waals surface area contributed by atoms with Crippen molar-refractivity contribution in [2.45, 2.75) is 12.3 Å². The largest absolute Gasteiger partial charge is 0.464 e. The number of nitrogens with zero attached hydrogens (tertiary/aromatic N) is 1. The maximum atomic E-state index is 12.2. The van der Waals surface area contributed by atoms with Gasteiger partial charge in [0.05, 0.1) is 7.11 Å². The molecule has 6 heteroatoms. The van der Waals surface area contributed by atoms with E-state index in [-0.39, 0.29) is 18.2 Å². The fourth-order valence-corrected chi connectivity index (χ4v) is 3.75. The summed E-state index contributed by atoms with van der Waals surface area (Å²) in [6.07, 6.45) is -0.0478. The predicted molar refractivity (Wildman–Crippen MR) is 120 cm³/mol. The minimum atomic E-state index is -0.509. The summed E-state index contributed by atoms with van der Waals surface area (Å²) in [5.41, 5.74) is 5.41. The molecule has 0 unspecified atom stereocenters. The lowest BCUT2D eigenvalue weighted by Crippen LogP contribution is -2.26. The number of hydrogen-bond donors (Lipinski definition) is 1. The quantitative estimate of drug-likeness (QED) is 0.377. The number of carbonyl (C=O) groups excluding carboxylic acids is 2. The minimum absolute atomic E-state index is 0.0288. The van der Waals surface area contributed by atoms with Gasteiger partial charge in [-0.05, 0) is 40.3 Å². The Balaban J connectivity index is 1.27. The lowest BCUT2D eigenvalue weighted by molar-refractivity contribution is 0.0594. The number of nitrogens with one attached hydrogen (secondary N) is 1. The van der Waals surface area contributed by atoms with E-state index in [9.17, 15) is 9.59 Å². The number of methoxy groups -OCH3 is 1. The molecular weight excluding hydrogens is 404 g/mol. The zero-order valence-electron chi connectivity index (χ0n) is 17.6. The molecule has 1 N–H and O–H groups in total. The van der Waals surface area contributed by atoms with Gasteiger partial charge in [0, 0.05) is 18.9 Å². The van der Waals surface area contributed by atoms with Crippen molar-refractivity contribution in [1.29, 1.82) is 0 Å². The van der Waals surface area contributed by atoms with Gasteiger partial charge in [0.1, 0.15) is 18.0 Å². The molecule has 32 heavy (non-hydrogen) atoms. The third-order valence-electron chi connectivity index (χ3n) is 5.22. The average Bonchev–Trinajstić information content (AvgIpc) is 3.16. The smallest absolute Gasteiger partial charge is 0.407 e. The highest BCUT2D eigenvalue weighted by molar-refractivity contribution is 5.87. The highest BCUT2D eigenvalue weighted by Crippen LogP contribution is 2.44. The number of rotatable bonds is 5. The van der Waals surface area contributed by atoms with Crippen LogP contribution in [0.5, 0.6) is 0 Å². The van der Waals surface area contributed by atoms with Gasteiger partial charge in [-0.15, -0.1) is 0 Å². The van der Waals surface area contributed by atoms with E-state index in [1.54, 1.807) is 18.2 Å². The van der Waals surface area contributed by atoms with Gasteiger partial charge in [-0.25, -0.2) is 14.6 Å². The Morgan fingerprint density at radius 2 is 1.66 bits per heavy atom. The van der Waals surface area contributed by atoms with Gasteiger partial charge >= 0.3 is 12.1 Å². The van der Waals surface area contributed by atoms with E-state index >= 15 is 0 Å². The first-order valence-electron chi connectivity index (χ1n) is 10.3. The van der Waals surface area contributed by atoms with Gasteiger partial charge in [0.2, 0.25) is 0 Å². The Hall–Kier alpha value is -4.11. The Bertz CT molecular complexity index is 1160. The van der Waals surface area contributed by atoms with E-state index in [1.165, 1.54) is 29.4 Å². The molecule has 1 aliphatic rings. The highest BCUT2D eigenvalue weighted by Gasteiger charge is 2.28. The summed E-state index contributed by atoms with van der Waals surface area (Å²) in [5, 5.41) is 2.72. The van der Waals surface area contributed by atoms with Crippen LogP contribution in [0.15, 0.2) is 66.7 Å². The summed E-state index contributed by atoms with van der Waals surface area (Å²) in [5.74, 6) is 5.33. The van der Waals surface area contributed by atoms with Crippen molar-refractivity contribution in [2.24, 2.45) is 0 Å². The Morgan fingerprint density at radius 1 is 0.969 bits per heavy atom. The second-order valence-corrected chi connectivity index (χ2v) is 7.20. The molecule has 160 valence electrons. The van der Waals surface area contributed by atoms with Gasteiger partial charge in [0.25, 0.3) is 0 Å². The maximum Gasteiger partial charge on any atom is 0.407 e. The standard InChI is InChI=1S/C26H22N2O4/c1-31-25(29)24-15-8-10-18(28-24)9-6-7-16-27-26(30)32-17-23-21-13-4-2-11-19(21)20-12-3-5-14-22(20)23/h2-5,8,10-15,23H,7,16-17H2,1H3,(H,27,30). The van der Waals surface area contributed by atoms with E-state index in [4.69, 9.17) is 4.74 Å². The third-order valence-corrected chi connectivity index (χ3v) is 5.22. The fraction of sp³-hybridized carbons (Fsp3) is 0.192. The molecule has 2 aromatic carbocycles. The van der Waals surface area contributed by atoms with E-state index < -0.39 is 12.1 Å². The second kappa shape index (κ2) is 9.80. The van der Waals surface area contributed by atoms with Crippen LogP contribution >= 0.6 is 0 Å². The maximum absolute atomic E-state index is 12.2. The Kier molecular flexibility index (Phi) is 6.47. The SMILES string of the molecule is COC(=O)c1cccc(C#CCCNC(=O)OCC2c3ccccc3-c3ccccc32)n1. The minimum Gasteiger partial charge on any atom is -0.464 e. The number of ether oxygens (including phenoxy) is 2. The topological polar surface area (TPSA) is 77.5 Å². The lowest BCUT2D eigenvalue weighted by atomic mass is 9.98. The molecular formula is C26H22N2O4. The molecule has 0 atom stereocenters. The van der Waals surface area contributed by atoms with Gasteiger partial charge < -0.3 is 14.8 Å². The molecule has 0 bridgehead atoms. The molecule has 3 aromatic rings. The molecule has 1 amide bonds. The summed E-state index contributed by atoms with van der Waals surface area (Å²) in [4.78, 5) is 27.8. The second-order valence-electron chi connectivity index (χ2n) is 7.20. The molecule has 0 radical (unpaired) electrons. The average molecular weight is 426 g/mol. The van der Waals surface area contributed by atoms with E-state index in [0.717, 1.165) is 0 Å². The van der Waals surface area contributed by atoms with E-state index in [1.807, 2.05) is 24.3 Å². The van der Waals surface area contributed by atoms with Crippen LogP contribution in [0.25, 0.3) is 11.1 Å². The number of alkyl carbamates (subject to hydrolysis) is 1. The van der Waals surface area contributed by atoms with Crippen LogP contribution in [-0.4, -0.2) is 37.3 Å². The van der Waals surface area contributed by atoms with Gasteiger partial charge in [0.15, 0.2) is 0 Å². The first-order chi connectivity index (χ1) is 15.7. The number of pyridine rings is 1. The lowest BCUT2D eigenvalue weighted by Gasteiger charge is -2.14. The fourth-order valence-electron chi connectivity index (χ4n) is 3.75. The molecule has 6 nitrogen and oxygen atoms in total. The van der Waals surface area contributed by atoms with Crippen LogP contribution in [-0.2, 0) is 9.47 Å². The summed E-state index contributed by atoms with van der Waals surface area (Å²) in [7, 11) is 1.30. The summed E-state index contributed by atoms with van der Waals surface area (Å²) in [6, 6.07) is 21.4. The van der Waals surface area contributed by atoms with E-state index in [2.05, 4.69) is 51.1 Å². The molecule has 1 aliphatic carbocycles. The van der Waals surface area contributed by atoms with E-state index in [0.29, 0.717) is 18.7 Å². The highest BCUT2D eigenvalue weighted by atomic mass is 16.5. The summed E-state index contributed by atoms with van der Waals surface area (Å²) < 4.78 is 10.1. The number of hydrogen-bond acceptors (Lipinski definition) is 5. The number of carbonyl (C=O) groups is 2. The van der Waals surface area contributed by atoms with Crippen LogP contribution in [0.1, 0.15) is 39.6 Å². The van der Waals surface area contributed by atoms with Gasteiger partial charge in [-0.2, -0.15) is 0 Å². The van der Waals surface area contributed by atoms with Crippen LogP contribution in [0, 0.1) is 11.8 Å². The summed E-state index contributed by atoms with van der Waals surface area (Å²) >= 11 is 0. The van der Waals surface area contributed by atoms with Crippen LogP contribution in [0.2, 0.25) is 0 Å². The zero-order chi connectivity index (χ0) is 22.3. The monoisotopic (exact) mass is 426 g/mol. The summed E-state index contributed by atoms with van der Waals surface area (Å²) in [6.45, 7) is 0.621. The normalized spacial score (nSPS) is 11.5. The molecule has 1 aromatic heterocycles. The van der Waals surface area contributed by atoms with Crippen molar-refractivity contribution in [3.05, 3.63) is 89.2 Å². The van der Waals surface area contributed by atoms with Crippen LogP contribution in [0.3, 0.4) is 0 Å².